The Kier molecular flexibility index (Phi) is 3.23. The van der Waals surface area contributed by atoms with E-state index in [2.05, 4.69) is 9.97 Å². The van der Waals surface area contributed by atoms with Gasteiger partial charge in [0.2, 0.25) is 11.8 Å². The van der Waals surface area contributed by atoms with Gasteiger partial charge in [-0.25, -0.2) is 4.98 Å². The molecule has 17 heavy (non-hydrogen) atoms. The van der Waals surface area contributed by atoms with Gasteiger partial charge in [-0.2, -0.15) is 4.98 Å². The van der Waals surface area contributed by atoms with Crippen molar-refractivity contribution in [3.8, 4) is 17.1 Å². The van der Waals surface area contributed by atoms with Crippen LogP contribution in [0.3, 0.4) is 0 Å². The summed E-state index contributed by atoms with van der Waals surface area (Å²) in [6.07, 6.45) is 0.0629. The first kappa shape index (κ1) is 11.4. The smallest absolute Gasteiger partial charge is 0.223 e. The zero-order valence-electron chi connectivity index (χ0n) is 9.92. The SMILES string of the molecule is CC(C)Oc1cc(-c2ccccc2)nc(N)n1. The third-order valence-electron chi connectivity index (χ3n) is 2.15. The van der Waals surface area contributed by atoms with Crippen LogP contribution in [-0.4, -0.2) is 16.1 Å². The molecule has 0 fully saturated rings. The summed E-state index contributed by atoms with van der Waals surface area (Å²) in [5.74, 6) is 0.730. The molecule has 0 radical (unpaired) electrons. The van der Waals surface area contributed by atoms with Crippen LogP contribution in [0.4, 0.5) is 5.95 Å². The number of aromatic nitrogens is 2. The summed E-state index contributed by atoms with van der Waals surface area (Å²) >= 11 is 0. The van der Waals surface area contributed by atoms with Crippen LogP contribution in [0.2, 0.25) is 0 Å². The van der Waals surface area contributed by atoms with Crippen LogP contribution in [0.15, 0.2) is 36.4 Å². The van der Waals surface area contributed by atoms with Crippen molar-refractivity contribution in [2.24, 2.45) is 0 Å². The van der Waals surface area contributed by atoms with Gasteiger partial charge in [-0.05, 0) is 13.8 Å². The van der Waals surface area contributed by atoms with Crippen molar-refractivity contribution in [3.63, 3.8) is 0 Å². The van der Waals surface area contributed by atoms with Crippen molar-refractivity contribution >= 4 is 5.95 Å². The van der Waals surface area contributed by atoms with Gasteiger partial charge in [-0.1, -0.05) is 30.3 Å². The molecule has 0 saturated heterocycles. The van der Waals surface area contributed by atoms with Gasteiger partial charge in [-0.15, -0.1) is 0 Å². The highest BCUT2D eigenvalue weighted by Gasteiger charge is 2.06. The van der Waals surface area contributed by atoms with Gasteiger partial charge >= 0.3 is 0 Å². The summed E-state index contributed by atoms with van der Waals surface area (Å²) in [6.45, 7) is 3.89. The van der Waals surface area contributed by atoms with Crippen LogP contribution in [-0.2, 0) is 0 Å². The van der Waals surface area contributed by atoms with E-state index >= 15 is 0 Å². The Morgan fingerprint density at radius 1 is 1.12 bits per heavy atom. The second-order valence-electron chi connectivity index (χ2n) is 3.98. The molecule has 0 atom stereocenters. The van der Waals surface area contributed by atoms with Gasteiger partial charge in [0, 0.05) is 11.6 Å². The first-order valence-electron chi connectivity index (χ1n) is 5.52. The number of nitrogens with zero attached hydrogens (tertiary/aromatic N) is 2. The van der Waals surface area contributed by atoms with Crippen LogP contribution < -0.4 is 10.5 Å². The fourth-order valence-electron chi connectivity index (χ4n) is 1.50. The zero-order chi connectivity index (χ0) is 12.3. The summed E-state index contributed by atoms with van der Waals surface area (Å²) in [4.78, 5) is 8.24. The van der Waals surface area contributed by atoms with E-state index in [0.717, 1.165) is 11.3 Å². The van der Waals surface area contributed by atoms with Crippen LogP contribution in [0.25, 0.3) is 11.3 Å². The first-order chi connectivity index (χ1) is 8.15. The van der Waals surface area contributed by atoms with Gasteiger partial charge in [0.1, 0.15) is 0 Å². The molecule has 0 saturated carbocycles. The van der Waals surface area contributed by atoms with Crippen molar-refractivity contribution in [2.75, 3.05) is 5.73 Å². The maximum absolute atomic E-state index is 5.67. The molecule has 1 heterocycles. The monoisotopic (exact) mass is 229 g/mol. The van der Waals surface area contributed by atoms with Crippen molar-refractivity contribution in [1.82, 2.24) is 9.97 Å². The van der Waals surface area contributed by atoms with Gasteiger partial charge in [-0.3, -0.25) is 0 Å². The Balaban J connectivity index is 2.38. The number of hydrogen-bond donors (Lipinski definition) is 1. The molecule has 0 amide bonds. The van der Waals surface area contributed by atoms with E-state index < -0.39 is 0 Å². The number of anilines is 1. The quantitative estimate of drug-likeness (QED) is 0.878. The number of nitrogens with two attached hydrogens (primary N) is 1. The Labute approximate surface area is 100 Å². The second-order valence-corrected chi connectivity index (χ2v) is 3.98. The summed E-state index contributed by atoms with van der Waals surface area (Å²) in [5.41, 5.74) is 7.44. The Hall–Kier alpha value is -2.10. The van der Waals surface area contributed by atoms with E-state index in [1.54, 1.807) is 6.07 Å². The fourth-order valence-corrected chi connectivity index (χ4v) is 1.50. The van der Waals surface area contributed by atoms with Crippen molar-refractivity contribution in [2.45, 2.75) is 20.0 Å². The summed E-state index contributed by atoms with van der Waals surface area (Å²) in [5, 5.41) is 0. The first-order valence-corrected chi connectivity index (χ1v) is 5.52. The second kappa shape index (κ2) is 4.82. The van der Waals surface area contributed by atoms with Crippen LogP contribution in [0, 0.1) is 0 Å². The fraction of sp³-hybridized carbons (Fsp3) is 0.231. The average Bonchev–Trinajstić information content (AvgIpc) is 2.28. The highest BCUT2D eigenvalue weighted by atomic mass is 16.5. The lowest BCUT2D eigenvalue weighted by atomic mass is 10.1. The normalized spacial score (nSPS) is 10.5. The minimum Gasteiger partial charge on any atom is -0.475 e. The standard InChI is InChI=1S/C13H15N3O/c1-9(2)17-12-8-11(15-13(14)16-12)10-6-4-3-5-7-10/h3-9H,1-2H3,(H2,14,15,16). The Morgan fingerprint density at radius 2 is 1.82 bits per heavy atom. The predicted octanol–water partition coefficient (Wildman–Crippen LogP) is 2.51. The van der Waals surface area contributed by atoms with Crippen LogP contribution in [0.5, 0.6) is 5.88 Å². The predicted molar refractivity (Wildman–Crippen MR) is 67.6 cm³/mol. The summed E-state index contributed by atoms with van der Waals surface area (Å²) in [7, 11) is 0. The van der Waals surface area contributed by atoms with E-state index in [4.69, 9.17) is 10.5 Å². The van der Waals surface area contributed by atoms with Gasteiger partial charge in [0.05, 0.1) is 11.8 Å². The average molecular weight is 229 g/mol. The lowest BCUT2D eigenvalue weighted by Gasteiger charge is -2.10. The maximum atomic E-state index is 5.67. The molecular weight excluding hydrogens is 214 g/mol. The van der Waals surface area contributed by atoms with Crippen LogP contribution >= 0.6 is 0 Å². The van der Waals surface area contributed by atoms with Crippen LogP contribution in [0.1, 0.15) is 13.8 Å². The Morgan fingerprint density at radius 3 is 2.47 bits per heavy atom. The lowest BCUT2D eigenvalue weighted by Crippen LogP contribution is -2.08. The number of nitrogen functional groups attached to an aromatic ring is 1. The summed E-state index contributed by atoms with van der Waals surface area (Å²) in [6, 6.07) is 11.6. The molecule has 4 nitrogen and oxygen atoms in total. The molecule has 1 aromatic carbocycles. The van der Waals surface area contributed by atoms with Crippen molar-refractivity contribution in [3.05, 3.63) is 36.4 Å². The summed E-state index contributed by atoms with van der Waals surface area (Å²) < 4.78 is 5.53. The van der Waals surface area contributed by atoms with E-state index in [9.17, 15) is 0 Å². The number of rotatable bonds is 3. The van der Waals surface area contributed by atoms with Gasteiger partial charge in [0.15, 0.2) is 0 Å². The molecule has 0 bridgehead atoms. The zero-order valence-corrected chi connectivity index (χ0v) is 9.92. The van der Waals surface area contributed by atoms with Gasteiger partial charge in [0.25, 0.3) is 0 Å². The molecule has 88 valence electrons. The number of hydrogen-bond acceptors (Lipinski definition) is 4. The largest absolute Gasteiger partial charge is 0.475 e. The van der Waals surface area contributed by atoms with Crippen molar-refractivity contribution in [1.29, 1.82) is 0 Å². The topological polar surface area (TPSA) is 61.0 Å². The molecule has 0 aliphatic heterocycles. The number of ether oxygens (including phenoxy) is 1. The van der Waals surface area contributed by atoms with Crippen molar-refractivity contribution < 1.29 is 4.74 Å². The molecule has 1 aromatic heterocycles. The Bertz CT molecular complexity index is 497. The molecule has 4 heteroatoms. The third-order valence-corrected chi connectivity index (χ3v) is 2.15. The molecule has 0 aliphatic carbocycles. The highest BCUT2D eigenvalue weighted by molar-refractivity contribution is 5.61. The molecule has 0 unspecified atom stereocenters. The minimum atomic E-state index is 0.0629. The highest BCUT2D eigenvalue weighted by Crippen LogP contribution is 2.21. The molecule has 0 aliphatic rings. The minimum absolute atomic E-state index is 0.0629. The van der Waals surface area contributed by atoms with Gasteiger partial charge < -0.3 is 10.5 Å². The van der Waals surface area contributed by atoms with E-state index in [0.29, 0.717) is 5.88 Å². The molecule has 2 N–H and O–H groups in total. The van der Waals surface area contributed by atoms with E-state index in [-0.39, 0.29) is 12.1 Å². The molecule has 2 rings (SSSR count). The molecular formula is C13H15N3O. The molecule has 0 spiro atoms. The van der Waals surface area contributed by atoms with E-state index in [1.807, 2.05) is 44.2 Å². The van der Waals surface area contributed by atoms with E-state index in [1.165, 1.54) is 0 Å². The molecule has 2 aromatic rings. The maximum Gasteiger partial charge on any atom is 0.223 e. The number of benzene rings is 1. The third kappa shape index (κ3) is 2.93. The lowest BCUT2D eigenvalue weighted by molar-refractivity contribution is 0.233.